The molecule has 0 aliphatic heterocycles. The number of rotatable bonds is 3. The van der Waals surface area contributed by atoms with Crippen LogP contribution < -0.4 is 0 Å². The summed E-state index contributed by atoms with van der Waals surface area (Å²) in [5.74, 6) is 0. The first-order valence-electron chi connectivity index (χ1n) is 7.27. The van der Waals surface area contributed by atoms with Crippen LogP contribution in [0.25, 0.3) is 0 Å². The van der Waals surface area contributed by atoms with Gasteiger partial charge in [-0.05, 0) is 0 Å². The Hall–Kier alpha value is 0.799. The molecule has 0 unspecified atom stereocenters. The van der Waals surface area contributed by atoms with Gasteiger partial charge in [-0.2, -0.15) is 0 Å². The molecule has 0 N–H and O–H groups in total. The van der Waals surface area contributed by atoms with Gasteiger partial charge in [-0.25, -0.2) is 0 Å². The summed E-state index contributed by atoms with van der Waals surface area (Å²) in [6, 6.07) is 0. The van der Waals surface area contributed by atoms with Crippen molar-refractivity contribution >= 4 is 19.8 Å². The topological polar surface area (TPSA) is 0 Å². The molecule has 2 saturated carbocycles. The molecule has 15 heavy (non-hydrogen) atoms. The number of hydrogen-bond acceptors (Lipinski definition) is 0. The molecule has 0 radical (unpaired) electrons. The second-order valence-corrected chi connectivity index (χ2v) is 15.6. The van der Waals surface area contributed by atoms with E-state index in [0.29, 0.717) is 0 Å². The van der Waals surface area contributed by atoms with Crippen molar-refractivity contribution in [2.45, 2.75) is 83.4 Å². The van der Waals surface area contributed by atoms with Gasteiger partial charge in [-0.1, -0.05) is 0 Å². The van der Waals surface area contributed by atoms with Crippen molar-refractivity contribution in [2.24, 2.45) is 0 Å². The molecule has 1 heteroatoms. The Balaban J connectivity index is 1.88. The molecular formula is C14H27Sn+. The molecule has 2 aliphatic rings. The Morgan fingerprint density at radius 1 is 0.733 bits per heavy atom. The SMILES string of the molecule is C[CH2][Sn+]([CH]1CCCCC1)[CH]1CCCCC1. The normalized spacial score (nSPS) is 25.4. The molecule has 0 aromatic heterocycles. The first kappa shape index (κ1) is 12.3. The van der Waals surface area contributed by atoms with Crippen molar-refractivity contribution in [1.82, 2.24) is 0 Å². The molecule has 0 nitrogen and oxygen atoms in total. The van der Waals surface area contributed by atoms with Crippen LogP contribution in [0.4, 0.5) is 0 Å². The molecule has 0 atom stereocenters. The molecule has 0 spiro atoms. The zero-order chi connectivity index (χ0) is 10.5. The van der Waals surface area contributed by atoms with Gasteiger partial charge in [0.05, 0.1) is 0 Å². The van der Waals surface area contributed by atoms with E-state index >= 15 is 0 Å². The minimum absolute atomic E-state index is 0.985. The van der Waals surface area contributed by atoms with Crippen molar-refractivity contribution in [2.75, 3.05) is 0 Å². The average molecular weight is 314 g/mol. The Bertz CT molecular complexity index is 148. The van der Waals surface area contributed by atoms with Gasteiger partial charge in [0.2, 0.25) is 0 Å². The molecule has 0 heterocycles. The van der Waals surface area contributed by atoms with Gasteiger partial charge in [0.25, 0.3) is 0 Å². The van der Waals surface area contributed by atoms with Gasteiger partial charge >= 0.3 is 103 Å². The monoisotopic (exact) mass is 315 g/mol. The van der Waals surface area contributed by atoms with E-state index in [4.69, 9.17) is 0 Å². The summed E-state index contributed by atoms with van der Waals surface area (Å²) in [5.41, 5.74) is 0. The second-order valence-electron chi connectivity index (χ2n) is 5.60. The van der Waals surface area contributed by atoms with Crippen LogP contribution in [0.15, 0.2) is 0 Å². The maximum absolute atomic E-state index is 2.53. The second kappa shape index (κ2) is 6.51. The van der Waals surface area contributed by atoms with E-state index in [1.165, 1.54) is 7.87 Å². The molecule has 0 aromatic carbocycles. The van der Waals surface area contributed by atoms with Crippen molar-refractivity contribution in [3.05, 3.63) is 0 Å². The third-order valence-electron chi connectivity index (χ3n) is 4.67. The van der Waals surface area contributed by atoms with E-state index in [-0.39, 0.29) is 0 Å². The van der Waals surface area contributed by atoms with Crippen LogP contribution in [-0.4, -0.2) is 19.8 Å². The van der Waals surface area contributed by atoms with Gasteiger partial charge in [0.1, 0.15) is 0 Å². The van der Waals surface area contributed by atoms with E-state index < -0.39 is 19.8 Å². The standard InChI is InChI=1S/2C6H11.C2H5.Sn/c2*1-2-4-6-5-3-1;1-2;/h2*1H,2-6H2;1H2,2H3;/q;;;+1. The zero-order valence-electron chi connectivity index (χ0n) is 10.4. The summed E-state index contributed by atoms with van der Waals surface area (Å²) in [4.78, 5) is 0. The molecular weight excluding hydrogens is 287 g/mol. The predicted octanol–water partition coefficient (Wildman–Crippen LogP) is 5.17. The molecule has 2 aliphatic carbocycles. The summed E-state index contributed by atoms with van der Waals surface area (Å²) in [6.07, 6.45) is 15.9. The van der Waals surface area contributed by atoms with Gasteiger partial charge in [0, 0.05) is 0 Å². The fraction of sp³-hybridized carbons (Fsp3) is 1.00. The molecule has 0 aromatic rings. The quantitative estimate of drug-likeness (QED) is 0.631. The van der Waals surface area contributed by atoms with Gasteiger partial charge in [-0.15, -0.1) is 0 Å². The van der Waals surface area contributed by atoms with Crippen molar-refractivity contribution in [3.63, 3.8) is 0 Å². The van der Waals surface area contributed by atoms with Gasteiger partial charge < -0.3 is 0 Å². The summed E-state index contributed by atoms with van der Waals surface area (Å²) < 4.78 is 4.25. The Morgan fingerprint density at radius 3 is 1.47 bits per heavy atom. The maximum atomic E-state index is 2.53. The van der Waals surface area contributed by atoms with Crippen LogP contribution in [0, 0.1) is 0 Å². The zero-order valence-corrected chi connectivity index (χ0v) is 13.3. The molecule has 2 fully saturated rings. The van der Waals surface area contributed by atoms with E-state index in [2.05, 4.69) is 6.92 Å². The average Bonchev–Trinajstić information content (AvgIpc) is 2.33. The van der Waals surface area contributed by atoms with Crippen LogP contribution in [0.3, 0.4) is 0 Å². The van der Waals surface area contributed by atoms with E-state index in [0.717, 1.165) is 0 Å². The molecule has 86 valence electrons. The van der Waals surface area contributed by atoms with E-state index in [1.807, 2.05) is 0 Å². The summed E-state index contributed by atoms with van der Waals surface area (Å²) >= 11 is -0.985. The summed E-state index contributed by atoms with van der Waals surface area (Å²) in [6.45, 7) is 2.53. The predicted molar refractivity (Wildman–Crippen MR) is 69.9 cm³/mol. The summed E-state index contributed by atoms with van der Waals surface area (Å²) in [5, 5.41) is 0. The number of hydrogen-bond donors (Lipinski definition) is 0. The molecule has 0 amide bonds. The first-order chi connectivity index (χ1) is 7.42. The van der Waals surface area contributed by atoms with Crippen LogP contribution in [0.2, 0.25) is 12.3 Å². The van der Waals surface area contributed by atoms with Crippen molar-refractivity contribution in [1.29, 1.82) is 0 Å². The first-order valence-corrected chi connectivity index (χ1v) is 12.6. The van der Waals surface area contributed by atoms with Crippen molar-refractivity contribution in [3.8, 4) is 0 Å². The molecule has 2 rings (SSSR count). The Kier molecular flexibility index (Phi) is 5.32. The van der Waals surface area contributed by atoms with Crippen LogP contribution in [-0.2, 0) is 0 Å². The van der Waals surface area contributed by atoms with Crippen LogP contribution >= 0.6 is 0 Å². The van der Waals surface area contributed by atoms with Gasteiger partial charge in [-0.3, -0.25) is 0 Å². The van der Waals surface area contributed by atoms with Gasteiger partial charge in [0.15, 0.2) is 0 Å². The third-order valence-corrected chi connectivity index (χ3v) is 16.3. The Morgan fingerprint density at radius 2 is 1.13 bits per heavy atom. The third kappa shape index (κ3) is 3.38. The minimum atomic E-state index is -0.985. The fourth-order valence-electron chi connectivity index (χ4n) is 3.86. The Labute approximate surface area is 103 Å². The summed E-state index contributed by atoms with van der Waals surface area (Å²) in [7, 11) is 0. The van der Waals surface area contributed by atoms with Crippen LogP contribution in [0.5, 0.6) is 0 Å². The van der Waals surface area contributed by atoms with E-state index in [9.17, 15) is 0 Å². The molecule has 0 bridgehead atoms. The van der Waals surface area contributed by atoms with Crippen LogP contribution in [0.1, 0.15) is 71.1 Å². The van der Waals surface area contributed by atoms with Crippen molar-refractivity contribution < 1.29 is 0 Å². The van der Waals surface area contributed by atoms with E-state index in [1.54, 1.807) is 68.6 Å². The fourth-order valence-corrected chi connectivity index (χ4v) is 15.6. The molecule has 0 saturated heterocycles.